The summed E-state index contributed by atoms with van der Waals surface area (Å²) in [6.07, 6.45) is 0.504. The van der Waals surface area contributed by atoms with Crippen LogP contribution in [-0.2, 0) is 14.6 Å². The topological polar surface area (TPSA) is 82.4 Å². The van der Waals surface area contributed by atoms with Crippen molar-refractivity contribution < 1.29 is 27.1 Å². The van der Waals surface area contributed by atoms with Gasteiger partial charge in [-0.1, -0.05) is 15.9 Å². The van der Waals surface area contributed by atoms with E-state index in [1.807, 2.05) is 4.57 Å². The van der Waals surface area contributed by atoms with E-state index in [9.17, 15) is 22.4 Å². The molecule has 1 fully saturated rings. The van der Waals surface area contributed by atoms with Crippen molar-refractivity contribution in [1.29, 1.82) is 0 Å². The number of hydrogen-bond donors (Lipinski definition) is 0. The molecule has 150 valence electrons. The molecule has 2 heterocycles. The molecule has 1 aliphatic rings. The summed E-state index contributed by atoms with van der Waals surface area (Å²) < 4.78 is 44.7. The van der Waals surface area contributed by atoms with Gasteiger partial charge in [0.15, 0.2) is 16.4 Å². The number of carbonyl (C=O) groups is 2. The summed E-state index contributed by atoms with van der Waals surface area (Å²) in [6, 6.07) is 5.38. The number of nitrogens with zero attached hydrogens (tertiary/aromatic N) is 1. The fourth-order valence-electron chi connectivity index (χ4n) is 3.54. The van der Waals surface area contributed by atoms with Crippen molar-refractivity contribution in [2.45, 2.75) is 26.3 Å². The predicted molar refractivity (Wildman–Crippen MR) is 105 cm³/mol. The summed E-state index contributed by atoms with van der Waals surface area (Å²) in [7, 11) is -3.06. The van der Waals surface area contributed by atoms with Crippen LogP contribution in [0.1, 0.15) is 44.6 Å². The van der Waals surface area contributed by atoms with E-state index in [0.717, 1.165) is 11.8 Å². The van der Waals surface area contributed by atoms with Crippen molar-refractivity contribution in [2.24, 2.45) is 0 Å². The molecule has 0 bridgehead atoms. The first kappa shape index (κ1) is 20.7. The third-order valence-corrected chi connectivity index (χ3v) is 7.09. The average Bonchev–Trinajstić information content (AvgIpc) is 3.10. The lowest BCUT2D eigenvalue weighted by atomic mass is 10.1. The molecule has 28 heavy (non-hydrogen) atoms. The van der Waals surface area contributed by atoms with Gasteiger partial charge in [0.2, 0.25) is 5.78 Å². The molecule has 6 nitrogen and oxygen atoms in total. The van der Waals surface area contributed by atoms with E-state index in [4.69, 9.17) is 4.74 Å². The molecule has 0 spiro atoms. The molecule has 9 heteroatoms. The van der Waals surface area contributed by atoms with Gasteiger partial charge in [-0.2, -0.15) is 0 Å². The Morgan fingerprint density at radius 1 is 1.25 bits per heavy atom. The highest BCUT2D eigenvalue weighted by Crippen LogP contribution is 2.29. The van der Waals surface area contributed by atoms with Crippen LogP contribution in [-0.4, -0.2) is 42.9 Å². The summed E-state index contributed by atoms with van der Waals surface area (Å²) in [5.41, 5.74) is 1.52. The number of Topliss-reactive ketones (excluding diaryl/α,β-unsaturated/α-hetero) is 1. The molecule has 0 aliphatic carbocycles. The lowest BCUT2D eigenvalue weighted by molar-refractivity contribution is 0.0470. The molecule has 1 atom stereocenters. The number of aryl methyl sites for hydroxylation is 1. The Hall–Kier alpha value is -2.00. The van der Waals surface area contributed by atoms with Crippen molar-refractivity contribution in [3.05, 3.63) is 57.1 Å². The maximum atomic E-state index is 13.8. The van der Waals surface area contributed by atoms with Gasteiger partial charge in [-0.3, -0.25) is 4.79 Å². The van der Waals surface area contributed by atoms with Crippen molar-refractivity contribution in [1.82, 2.24) is 4.57 Å². The molecule has 0 N–H and O–H groups in total. The minimum Gasteiger partial charge on any atom is -0.454 e. The summed E-state index contributed by atoms with van der Waals surface area (Å²) in [5.74, 6) is -1.91. The second kappa shape index (κ2) is 7.79. The number of carbonyl (C=O) groups excluding carboxylic acids is 2. The first-order valence-electron chi connectivity index (χ1n) is 8.63. The zero-order valence-corrected chi connectivity index (χ0v) is 17.8. The number of esters is 1. The molecule has 1 aliphatic heterocycles. The number of ether oxygens (including phenoxy) is 1. The number of ketones is 1. The summed E-state index contributed by atoms with van der Waals surface area (Å²) in [6.45, 7) is 3.01. The summed E-state index contributed by atoms with van der Waals surface area (Å²) >= 11 is 3.10. The van der Waals surface area contributed by atoms with Crippen LogP contribution in [0.2, 0.25) is 0 Å². The highest BCUT2D eigenvalue weighted by atomic mass is 79.9. The van der Waals surface area contributed by atoms with Gasteiger partial charge in [-0.15, -0.1) is 0 Å². The molecule has 0 amide bonds. The number of benzene rings is 1. The van der Waals surface area contributed by atoms with Crippen LogP contribution in [0.5, 0.6) is 0 Å². The van der Waals surface area contributed by atoms with Gasteiger partial charge in [0.1, 0.15) is 5.82 Å². The molecular formula is C19H19BrFNO5S. The first-order chi connectivity index (χ1) is 13.1. The van der Waals surface area contributed by atoms with Gasteiger partial charge in [-0.05, 0) is 44.5 Å². The number of sulfone groups is 1. The zero-order valence-electron chi connectivity index (χ0n) is 15.4. The monoisotopic (exact) mass is 471 g/mol. The average molecular weight is 472 g/mol. The van der Waals surface area contributed by atoms with E-state index in [1.54, 1.807) is 19.9 Å². The summed E-state index contributed by atoms with van der Waals surface area (Å²) in [4.78, 5) is 24.6. The minimum absolute atomic E-state index is 0.0504. The van der Waals surface area contributed by atoms with Crippen LogP contribution in [0, 0.1) is 19.7 Å². The number of rotatable bonds is 5. The molecule has 2 aromatic rings. The highest BCUT2D eigenvalue weighted by molar-refractivity contribution is 9.10. The van der Waals surface area contributed by atoms with Crippen LogP contribution in [0.15, 0.2) is 28.7 Å². The van der Waals surface area contributed by atoms with Gasteiger partial charge >= 0.3 is 5.97 Å². The Morgan fingerprint density at radius 3 is 2.57 bits per heavy atom. The molecule has 1 unspecified atom stereocenters. The molecule has 1 aromatic carbocycles. The van der Waals surface area contributed by atoms with E-state index in [1.165, 1.54) is 12.1 Å². The normalized spacial score (nSPS) is 18.2. The zero-order chi connectivity index (χ0) is 20.6. The number of hydrogen-bond acceptors (Lipinski definition) is 5. The fourth-order valence-corrected chi connectivity index (χ4v) is 5.57. The Kier molecular flexibility index (Phi) is 5.77. The lowest BCUT2D eigenvalue weighted by Crippen LogP contribution is -2.17. The Bertz CT molecular complexity index is 1060. The first-order valence-corrected chi connectivity index (χ1v) is 11.2. The smallest absolute Gasteiger partial charge is 0.341 e. The van der Waals surface area contributed by atoms with Crippen LogP contribution < -0.4 is 0 Å². The standard InChI is InChI=1S/C19H19BrFNO5S/c1-11-7-16(12(2)22(11)14-5-6-28(25,26)10-14)18(23)9-27-19(24)15-4-3-13(20)8-17(15)21/h3-4,7-8,14H,5-6,9-10H2,1-2H3. The third-order valence-electron chi connectivity index (χ3n) is 4.84. The van der Waals surface area contributed by atoms with E-state index in [0.29, 0.717) is 22.2 Å². The quantitative estimate of drug-likeness (QED) is 0.492. The Labute approximate surface area is 170 Å². The van der Waals surface area contributed by atoms with Gasteiger partial charge in [0.25, 0.3) is 0 Å². The van der Waals surface area contributed by atoms with Crippen molar-refractivity contribution in [3.8, 4) is 0 Å². The van der Waals surface area contributed by atoms with Gasteiger partial charge < -0.3 is 9.30 Å². The van der Waals surface area contributed by atoms with Crippen molar-refractivity contribution >= 4 is 37.5 Å². The van der Waals surface area contributed by atoms with Crippen LogP contribution in [0.3, 0.4) is 0 Å². The third kappa shape index (κ3) is 4.20. The Balaban J connectivity index is 1.73. The van der Waals surface area contributed by atoms with Gasteiger partial charge in [0.05, 0.1) is 17.1 Å². The second-order valence-corrected chi connectivity index (χ2v) is 9.98. The van der Waals surface area contributed by atoms with E-state index in [-0.39, 0.29) is 23.1 Å². The maximum absolute atomic E-state index is 13.8. The van der Waals surface area contributed by atoms with Gasteiger partial charge in [0, 0.05) is 27.5 Å². The molecule has 1 aromatic heterocycles. The van der Waals surface area contributed by atoms with E-state index >= 15 is 0 Å². The van der Waals surface area contributed by atoms with Crippen molar-refractivity contribution in [2.75, 3.05) is 18.1 Å². The van der Waals surface area contributed by atoms with E-state index < -0.39 is 34.0 Å². The van der Waals surface area contributed by atoms with Crippen molar-refractivity contribution in [3.63, 3.8) is 0 Å². The molecule has 1 saturated heterocycles. The molecular weight excluding hydrogens is 453 g/mol. The van der Waals surface area contributed by atoms with Crippen LogP contribution in [0.25, 0.3) is 0 Å². The van der Waals surface area contributed by atoms with Gasteiger partial charge in [-0.25, -0.2) is 17.6 Å². The maximum Gasteiger partial charge on any atom is 0.341 e. The Morgan fingerprint density at radius 2 is 1.96 bits per heavy atom. The molecule has 0 radical (unpaired) electrons. The predicted octanol–water partition coefficient (Wildman–Crippen LogP) is 3.41. The minimum atomic E-state index is -3.06. The SMILES string of the molecule is Cc1cc(C(=O)COC(=O)c2ccc(Br)cc2F)c(C)n1C1CCS(=O)(=O)C1. The molecule has 0 saturated carbocycles. The fraction of sp³-hybridized carbons (Fsp3) is 0.368. The molecule has 3 rings (SSSR count). The number of aromatic nitrogens is 1. The number of halogens is 2. The highest BCUT2D eigenvalue weighted by Gasteiger charge is 2.31. The lowest BCUT2D eigenvalue weighted by Gasteiger charge is -2.16. The second-order valence-electron chi connectivity index (χ2n) is 6.84. The van der Waals surface area contributed by atoms with Crippen LogP contribution >= 0.6 is 15.9 Å². The van der Waals surface area contributed by atoms with Crippen LogP contribution in [0.4, 0.5) is 4.39 Å². The largest absolute Gasteiger partial charge is 0.454 e. The summed E-state index contributed by atoms with van der Waals surface area (Å²) in [5, 5.41) is 0. The van der Waals surface area contributed by atoms with E-state index in [2.05, 4.69) is 15.9 Å².